The number of hydrogen-bond donors (Lipinski definition) is 1. The van der Waals surface area contributed by atoms with E-state index in [4.69, 9.17) is 16.3 Å². The molecule has 1 aromatic carbocycles. The van der Waals surface area contributed by atoms with Gasteiger partial charge in [-0.25, -0.2) is 4.79 Å². The number of hydrogen-bond acceptors (Lipinski definition) is 3. The lowest BCUT2D eigenvalue weighted by molar-refractivity contribution is 0.207. The maximum Gasteiger partial charge on any atom is 0.317 e. The van der Waals surface area contributed by atoms with Gasteiger partial charge < -0.3 is 19.9 Å². The Hall–Kier alpha value is -1.46. The second-order valence-electron chi connectivity index (χ2n) is 4.91. The van der Waals surface area contributed by atoms with Crippen molar-refractivity contribution < 1.29 is 9.53 Å². The molecule has 0 unspecified atom stereocenters. The molecule has 0 spiro atoms. The number of methoxy groups -OCH3 is 1. The van der Waals surface area contributed by atoms with Crippen LogP contribution in [0, 0.1) is 0 Å². The summed E-state index contributed by atoms with van der Waals surface area (Å²) in [5.74, 6) is 0.833. The van der Waals surface area contributed by atoms with Crippen LogP contribution in [0.3, 0.4) is 0 Å². The van der Waals surface area contributed by atoms with Gasteiger partial charge in [-0.3, -0.25) is 0 Å². The summed E-state index contributed by atoms with van der Waals surface area (Å²) in [5.41, 5.74) is 1.05. The van der Waals surface area contributed by atoms with Gasteiger partial charge in [-0.1, -0.05) is 11.6 Å². The molecular weight excluding hydrogens is 278 g/mol. The minimum Gasteiger partial charge on any atom is -0.496 e. The number of halogens is 1. The molecule has 0 saturated carbocycles. The molecule has 1 aliphatic rings. The van der Waals surface area contributed by atoms with E-state index in [1.165, 1.54) is 0 Å². The van der Waals surface area contributed by atoms with Crippen LogP contribution < -0.4 is 10.1 Å². The molecule has 2 amide bonds. The average Bonchev–Trinajstić information content (AvgIpc) is 2.82. The molecule has 2 rings (SSSR count). The average molecular weight is 298 g/mol. The van der Waals surface area contributed by atoms with Gasteiger partial charge >= 0.3 is 6.03 Å². The fraction of sp³-hybridized carbons (Fsp3) is 0.500. The topological polar surface area (TPSA) is 44.8 Å². The number of amides is 2. The summed E-state index contributed by atoms with van der Waals surface area (Å²) < 4.78 is 5.34. The standard InChI is InChI=1S/C14H20ClN3O2/c1-17(7-8-18-6-5-16-14(18)19)10-11-9-12(15)3-4-13(11)20-2/h3-4,9H,5-8,10H2,1-2H3,(H,16,19). The van der Waals surface area contributed by atoms with E-state index in [2.05, 4.69) is 10.2 Å². The van der Waals surface area contributed by atoms with E-state index < -0.39 is 0 Å². The van der Waals surface area contributed by atoms with Crippen molar-refractivity contribution in [3.8, 4) is 5.75 Å². The fourth-order valence-electron chi connectivity index (χ4n) is 2.26. The second kappa shape index (κ2) is 6.81. The van der Waals surface area contributed by atoms with E-state index in [1.807, 2.05) is 30.1 Å². The van der Waals surface area contributed by atoms with Crippen LogP contribution in [-0.4, -0.2) is 56.2 Å². The zero-order valence-corrected chi connectivity index (χ0v) is 12.6. The normalized spacial score (nSPS) is 14.8. The Bertz CT molecular complexity index is 481. The SMILES string of the molecule is COc1ccc(Cl)cc1CN(C)CCN1CCNC1=O. The molecule has 0 aromatic heterocycles. The molecule has 0 aliphatic carbocycles. The quantitative estimate of drug-likeness (QED) is 0.871. The Morgan fingerprint density at radius 1 is 1.50 bits per heavy atom. The van der Waals surface area contributed by atoms with E-state index in [1.54, 1.807) is 7.11 Å². The maximum atomic E-state index is 11.4. The lowest BCUT2D eigenvalue weighted by atomic mass is 10.2. The van der Waals surface area contributed by atoms with Crippen molar-refractivity contribution >= 4 is 17.6 Å². The van der Waals surface area contributed by atoms with Crippen LogP contribution in [0.2, 0.25) is 5.02 Å². The van der Waals surface area contributed by atoms with E-state index >= 15 is 0 Å². The Labute approximate surface area is 124 Å². The highest BCUT2D eigenvalue weighted by Gasteiger charge is 2.19. The first-order valence-electron chi connectivity index (χ1n) is 6.64. The molecule has 1 heterocycles. The molecule has 0 atom stereocenters. The van der Waals surface area contributed by atoms with Gasteiger partial charge in [0.1, 0.15) is 5.75 Å². The van der Waals surface area contributed by atoms with E-state index in [9.17, 15) is 4.79 Å². The molecule has 0 bridgehead atoms. The lowest BCUT2D eigenvalue weighted by Gasteiger charge is -2.21. The zero-order chi connectivity index (χ0) is 14.5. The summed E-state index contributed by atoms with van der Waals surface area (Å²) in [6.45, 7) is 3.80. The Balaban J connectivity index is 1.89. The third-order valence-electron chi connectivity index (χ3n) is 3.38. The van der Waals surface area contributed by atoms with Crippen LogP contribution in [0.1, 0.15) is 5.56 Å². The molecular formula is C14H20ClN3O2. The molecule has 1 N–H and O–H groups in total. The van der Waals surface area contributed by atoms with Crippen LogP contribution in [0.25, 0.3) is 0 Å². The number of likely N-dealkylation sites (N-methyl/N-ethyl adjacent to an activating group) is 1. The number of carbonyl (C=O) groups is 1. The van der Waals surface area contributed by atoms with Gasteiger partial charge in [0, 0.05) is 43.3 Å². The minimum absolute atomic E-state index is 0.0266. The summed E-state index contributed by atoms with van der Waals surface area (Å²) in [6, 6.07) is 5.64. The molecule has 1 saturated heterocycles. The molecule has 1 aliphatic heterocycles. The van der Waals surface area contributed by atoms with Crippen LogP contribution in [0.5, 0.6) is 5.75 Å². The predicted molar refractivity (Wildman–Crippen MR) is 79.3 cm³/mol. The number of urea groups is 1. The summed E-state index contributed by atoms with van der Waals surface area (Å²) in [5, 5.41) is 3.50. The van der Waals surface area contributed by atoms with E-state index in [-0.39, 0.29) is 6.03 Å². The molecule has 20 heavy (non-hydrogen) atoms. The first-order chi connectivity index (χ1) is 9.60. The van der Waals surface area contributed by atoms with Crippen LogP contribution in [0.15, 0.2) is 18.2 Å². The van der Waals surface area contributed by atoms with Crippen molar-refractivity contribution in [1.82, 2.24) is 15.1 Å². The highest BCUT2D eigenvalue weighted by Crippen LogP contribution is 2.23. The maximum absolute atomic E-state index is 11.4. The van der Waals surface area contributed by atoms with Crippen molar-refractivity contribution in [1.29, 1.82) is 0 Å². The summed E-state index contributed by atoms with van der Waals surface area (Å²) in [4.78, 5) is 15.4. The van der Waals surface area contributed by atoms with E-state index in [0.717, 1.165) is 44.0 Å². The molecule has 1 aromatic rings. The van der Waals surface area contributed by atoms with Gasteiger partial charge in [0.25, 0.3) is 0 Å². The van der Waals surface area contributed by atoms with Crippen molar-refractivity contribution in [3.05, 3.63) is 28.8 Å². The Morgan fingerprint density at radius 2 is 2.30 bits per heavy atom. The highest BCUT2D eigenvalue weighted by atomic mass is 35.5. The molecule has 0 radical (unpaired) electrons. The van der Waals surface area contributed by atoms with Crippen LogP contribution >= 0.6 is 11.6 Å². The van der Waals surface area contributed by atoms with E-state index in [0.29, 0.717) is 5.02 Å². The van der Waals surface area contributed by atoms with Gasteiger partial charge in [0.05, 0.1) is 7.11 Å². The molecule has 110 valence electrons. The first-order valence-corrected chi connectivity index (χ1v) is 7.01. The first kappa shape index (κ1) is 14.9. The van der Waals surface area contributed by atoms with Gasteiger partial charge in [-0.05, 0) is 25.2 Å². The molecule has 6 heteroatoms. The van der Waals surface area contributed by atoms with Gasteiger partial charge in [-0.2, -0.15) is 0 Å². The van der Waals surface area contributed by atoms with Crippen LogP contribution in [-0.2, 0) is 6.54 Å². The number of benzene rings is 1. The van der Waals surface area contributed by atoms with Crippen molar-refractivity contribution in [3.63, 3.8) is 0 Å². The number of carbonyl (C=O) groups excluding carboxylic acids is 1. The monoisotopic (exact) mass is 297 g/mol. The largest absolute Gasteiger partial charge is 0.496 e. The van der Waals surface area contributed by atoms with Crippen molar-refractivity contribution in [2.45, 2.75) is 6.54 Å². The fourth-order valence-corrected chi connectivity index (χ4v) is 2.45. The zero-order valence-electron chi connectivity index (χ0n) is 11.9. The molecule has 5 nitrogen and oxygen atoms in total. The van der Waals surface area contributed by atoms with Gasteiger partial charge in [-0.15, -0.1) is 0 Å². The second-order valence-corrected chi connectivity index (χ2v) is 5.35. The number of ether oxygens (including phenoxy) is 1. The smallest absolute Gasteiger partial charge is 0.317 e. The molecule has 1 fully saturated rings. The summed E-state index contributed by atoms with van der Waals surface area (Å²) in [6.07, 6.45) is 0. The summed E-state index contributed by atoms with van der Waals surface area (Å²) in [7, 11) is 3.68. The number of nitrogens with one attached hydrogen (secondary N) is 1. The van der Waals surface area contributed by atoms with Crippen LogP contribution in [0.4, 0.5) is 4.79 Å². The Morgan fingerprint density at radius 3 is 2.95 bits per heavy atom. The third kappa shape index (κ3) is 3.77. The van der Waals surface area contributed by atoms with Crippen molar-refractivity contribution in [2.75, 3.05) is 40.3 Å². The van der Waals surface area contributed by atoms with Gasteiger partial charge in [0.2, 0.25) is 0 Å². The Kier molecular flexibility index (Phi) is 5.09. The number of nitrogens with zero attached hydrogens (tertiary/aromatic N) is 2. The van der Waals surface area contributed by atoms with Crippen molar-refractivity contribution in [2.24, 2.45) is 0 Å². The highest BCUT2D eigenvalue weighted by molar-refractivity contribution is 6.30. The predicted octanol–water partition coefficient (Wildman–Crippen LogP) is 1.81. The minimum atomic E-state index is 0.0266. The number of rotatable bonds is 6. The summed E-state index contributed by atoms with van der Waals surface area (Å²) >= 11 is 6.02. The van der Waals surface area contributed by atoms with Gasteiger partial charge in [0.15, 0.2) is 0 Å². The third-order valence-corrected chi connectivity index (χ3v) is 3.61. The lowest BCUT2D eigenvalue weighted by Crippen LogP contribution is -2.35.